The van der Waals surface area contributed by atoms with Crippen molar-refractivity contribution in [2.45, 2.75) is 24.9 Å². The summed E-state index contributed by atoms with van der Waals surface area (Å²) in [6.45, 7) is 0. The zero-order valence-electron chi connectivity index (χ0n) is 13.5. The number of aromatic nitrogens is 1. The summed E-state index contributed by atoms with van der Waals surface area (Å²) in [5, 5.41) is 0. The highest BCUT2D eigenvalue weighted by Gasteiger charge is 2.50. The van der Waals surface area contributed by atoms with E-state index in [1.807, 2.05) is 7.05 Å². The maximum absolute atomic E-state index is 13.6. The van der Waals surface area contributed by atoms with E-state index in [2.05, 4.69) is 16.8 Å². The molecule has 0 radical (unpaired) electrons. The predicted octanol–water partition coefficient (Wildman–Crippen LogP) is 3.16. The summed E-state index contributed by atoms with van der Waals surface area (Å²) in [4.78, 5) is 20.1. The second-order valence-corrected chi connectivity index (χ2v) is 6.25. The Morgan fingerprint density at radius 1 is 1.12 bits per heavy atom. The lowest BCUT2D eigenvalue weighted by atomic mass is 9.86. The van der Waals surface area contributed by atoms with Crippen molar-refractivity contribution in [3.05, 3.63) is 59.3 Å². The van der Waals surface area contributed by atoms with Crippen LogP contribution in [0.2, 0.25) is 0 Å². The molecule has 126 valence electrons. The Labute approximate surface area is 144 Å². The number of likely N-dealkylation sites (N-methyl/N-ethyl adjacent to an activating group) is 1. The lowest BCUT2D eigenvalue weighted by Gasteiger charge is -2.35. The van der Waals surface area contributed by atoms with Gasteiger partial charge in [-0.1, -0.05) is 11.8 Å². The molecule has 1 aliphatic carbocycles. The number of carbonyl (C=O) groups excluding carboxylic acids is 1. The molecule has 1 aliphatic heterocycles. The standard InChI is InChI=1S/C19H15F2N3O/c1-23-16-7-8-17(16)24(19(23)25)18-9-3-12(11-22-18)2-4-13-10-14(20)5-6-15(13)21/h3,5-6,9-11,16-17H,7-8H2,1H3/t16-,17+/m0/s1. The lowest BCUT2D eigenvalue weighted by molar-refractivity contribution is 0.196. The number of carbonyl (C=O) groups is 1. The summed E-state index contributed by atoms with van der Waals surface area (Å²) < 4.78 is 26.7. The molecular weight excluding hydrogens is 324 g/mol. The van der Waals surface area contributed by atoms with E-state index < -0.39 is 11.6 Å². The first-order valence-corrected chi connectivity index (χ1v) is 8.04. The topological polar surface area (TPSA) is 36.4 Å². The minimum absolute atomic E-state index is 0.00210. The Balaban J connectivity index is 1.56. The van der Waals surface area contributed by atoms with Crippen molar-refractivity contribution < 1.29 is 13.6 Å². The van der Waals surface area contributed by atoms with Crippen LogP contribution in [0.3, 0.4) is 0 Å². The van der Waals surface area contributed by atoms with Crippen LogP contribution < -0.4 is 4.90 Å². The van der Waals surface area contributed by atoms with E-state index >= 15 is 0 Å². The fourth-order valence-electron chi connectivity index (χ4n) is 3.27. The van der Waals surface area contributed by atoms with Gasteiger partial charge in [0.25, 0.3) is 0 Å². The van der Waals surface area contributed by atoms with Crippen molar-refractivity contribution in [2.75, 3.05) is 11.9 Å². The Morgan fingerprint density at radius 2 is 1.92 bits per heavy atom. The van der Waals surface area contributed by atoms with Crippen molar-refractivity contribution in [3.63, 3.8) is 0 Å². The fraction of sp³-hybridized carbons (Fsp3) is 0.263. The molecule has 1 saturated heterocycles. The van der Waals surface area contributed by atoms with E-state index in [1.165, 1.54) is 0 Å². The molecule has 2 fully saturated rings. The van der Waals surface area contributed by atoms with Gasteiger partial charge in [-0.05, 0) is 43.2 Å². The summed E-state index contributed by atoms with van der Waals surface area (Å²) in [7, 11) is 1.81. The fourth-order valence-corrected chi connectivity index (χ4v) is 3.27. The molecule has 1 aromatic carbocycles. The Kier molecular flexibility index (Phi) is 3.65. The maximum atomic E-state index is 13.6. The third-order valence-corrected chi connectivity index (χ3v) is 4.80. The van der Waals surface area contributed by atoms with Crippen LogP contribution in [0.15, 0.2) is 36.5 Å². The molecule has 0 unspecified atom stereocenters. The van der Waals surface area contributed by atoms with Gasteiger partial charge in [-0.3, -0.25) is 4.90 Å². The van der Waals surface area contributed by atoms with E-state index in [0.717, 1.165) is 31.0 Å². The number of fused-ring (bicyclic) bond motifs is 1. The molecule has 2 atom stereocenters. The normalized spacial score (nSPS) is 21.5. The Bertz CT molecular complexity index is 901. The second kappa shape index (κ2) is 5.85. The summed E-state index contributed by atoms with van der Waals surface area (Å²) in [5.41, 5.74) is 0.565. The van der Waals surface area contributed by atoms with Crippen LogP contribution in [-0.2, 0) is 0 Å². The van der Waals surface area contributed by atoms with Gasteiger partial charge in [0, 0.05) is 18.8 Å². The predicted molar refractivity (Wildman–Crippen MR) is 89.0 cm³/mol. The van der Waals surface area contributed by atoms with Gasteiger partial charge >= 0.3 is 6.03 Å². The molecule has 25 heavy (non-hydrogen) atoms. The summed E-state index contributed by atoms with van der Waals surface area (Å²) in [5.74, 6) is 4.86. The maximum Gasteiger partial charge on any atom is 0.326 e. The van der Waals surface area contributed by atoms with Crippen LogP contribution in [0.25, 0.3) is 0 Å². The van der Waals surface area contributed by atoms with Gasteiger partial charge in [0.1, 0.15) is 17.5 Å². The average molecular weight is 339 g/mol. The number of nitrogens with zero attached hydrogens (tertiary/aromatic N) is 3. The Hall–Kier alpha value is -2.94. The van der Waals surface area contributed by atoms with Gasteiger partial charge in [0.05, 0.1) is 17.6 Å². The number of anilines is 1. The van der Waals surface area contributed by atoms with E-state index in [4.69, 9.17) is 0 Å². The second-order valence-electron chi connectivity index (χ2n) is 6.25. The van der Waals surface area contributed by atoms with Crippen LogP contribution in [0.4, 0.5) is 19.4 Å². The molecule has 6 heteroatoms. The zero-order valence-corrected chi connectivity index (χ0v) is 13.5. The number of hydrogen-bond donors (Lipinski definition) is 0. The minimum Gasteiger partial charge on any atom is -0.322 e. The van der Waals surface area contributed by atoms with Gasteiger partial charge in [0.15, 0.2) is 0 Å². The van der Waals surface area contributed by atoms with Crippen molar-refractivity contribution in [1.29, 1.82) is 0 Å². The first-order valence-electron chi connectivity index (χ1n) is 8.04. The van der Waals surface area contributed by atoms with E-state index in [9.17, 15) is 13.6 Å². The summed E-state index contributed by atoms with van der Waals surface area (Å²) >= 11 is 0. The monoisotopic (exact) mass is 339 g/mol. The van der Waals surface area contributed by atoms with E-state index in [0.29, 0.717) is 11.4 Å². The molecule has 1 aromatic heterocycles. The molecule has 4 nitrogen and oxygen atoms in total. The van der Waals surface area contributed by atoms with Crippen LogP contribution in [-0.4, -0.2) is 35.0 Å². The minimum atomic E-state index is -0.569. The van der Waals surface area contributed by atoms with Crippen molar-refractivity contribution >= 4 is 11.8 Å². The van der Waals surface area contributed by atoms with Gasteiger partial charge in [-0.15, -0.1) is 0 Å². The third kappa shape index (κ3) is 2.62. The molecule has 2 aliphatic rings. The molecule has 0 spiro atoms. The molecule has 2 amide bonds. The van der Waals surface area contributed by atoms with Crippen LogP contribution in [0.5, 0.6) is 0 Å². The first-order chi connectivity index (χ1) is 12.0. The quantitative estimate of drug-likeness (QED) is 0.749. The SMILES string of the molecule is CN1C(=O)N(c2ccc(C#Cc3cc(F)ccc3F)cn2)[C@@H]2CC[C@@H]21. The van der Waals surface area contributed by atoms with E-state index in [-0.39, 0.29) is 23.7 Å². The van der Waals surface area contributed by atoms with Crippen LogP contribution in [0.1, 0.15) is 24.0 Å². The Morgan fingerprint density at radius 3 is 2.56 bits per heavy atom. The molecule has 4 rings (SSSR count). The number of halogens is 2. The van der Waals surface area contributed by atoms with Crippen molar-refractivity contribution in [3.8, 4) is 11.8 Å². The third-order valence-electron chi connectivity index (χ3n) is 4.80. The van der Waals surface area contributed by atoms with Gasteiger partial charge < -0.3 is 4.90 Å². The van der Waals surface area contributed by atoms with Gasteiger partial charge in [-0.25, -0.2) is 18.6 Å². The van der Waals surface area contributed by atoms with Crippen molar-refractivity contribution in [1.82, 2.24) is 9.88 Å². The van der Waals surface area contributed by atoms with Gasteiger partial charge in [-0.2, -0.15) is 0 Å². The number of benzene rings is 1. The molecule has 2 aromatic rings. The first kappa shape index (κ1) is 15.6. The van der Waals surface area contributed by atoms with Gasteiger partial charge in [0.2, 0.25) is 0 Å². The number of amides is 2. The summed E-state index contributed by atoms with van der Waals surface area (Å²) in [6.07, 6.45) is 3.54. The highest BCUT2D eigenvalue weighted by atomic mass is 19.1. The highest BCUT2D eigenvalue weighted by molar-refractivity contribution is 5.95. The highest BCUT2D eigenvalue weighted by Crippen LogP contribution is 2.38. The van der Waals surface area contributed by atoms with Crippen molar-refractivity contribution in [2.24, 2.45) is 0 Å². The van der Waals surface area contributed by atoms with E-state index in [1.54, 1.807) is 28.1 Å². The summed E-state index contributed by atoms with van der Waals surface area (Å²) in [6, 6.07) is 7.03. The van der Waals surface area contributed by atoms with Crippen LogP contribution >= 0.6 is 0 Å². The molecule has 0 N–H and O–H groups in total. The number of urea groups is 1. The molecule has 2 heterocycles. The molecule has 1 saturated carbocycles. The molecule has 0 bridgehead atoms. The lowest BCUT2D eigenvalue weighted by Crippen LogP contribution is -2.45. The zero-order chi connectivity index (χ0) is 17.6. The number of hydrogen-bond acceptors (Lipinski definition) is 2. The average Bonchev–Trinajstić information content (AvgIpc) is 2.75. The smallest absolute Gasteiger partial charge is 0.322 e. The largest absolute Gasteiger partial charge is 0.326 e. The molecular formula is C19H15F2N3O. The van der Waals surface area contributed by atoms with Crippen LogP contribution in [0, 0.1) is 23.5 Å². The number of pyridine rings is 1. The number of rotatable bonds is 1.